The number of carboxylic acid groups (broad SMARTS) is 1. The molecule has 2 aromatic carbocycles. The fourth-order valence-electron chi connectivity index (χ4n) is 5.74. The summed E-state index contributed by atoms with van der Waals surface area (Å²) in [6.45, 7) is 1.42. The zero-order valence-corrected chi connectivity index (χ0v) is 18.0. The molecule has 3 heterocycles. The Kier molecular flexibility index (Phi) is 5.25. The molecule has 0 radical (unpaired) electrons. The van der Waals surface area contributed by atoms with Gasteiger partial charge in [-0.3, -0.25) is 0 Å². The van der Waals surface area contributed by atoms with Gasteiger partial charge in [0.2, 0.25) is 0 Å². The van der Waals surface area contributed by atoms with Gasteiger partial charge in [-0.1, -0.05) is 6.07 Å². The van der Waals surface area contributed by atoms with Gasteiger partial charge in [-0.2, -0.15) is 26.3 Å². The predicted molar refractivity (Wildman–Crippen MR) is 113 cm³/mol. The van der Waals surface area contributed by atoms with Gasteiger partial charge in [0.05, 0.1) is 11.1 Å². The topological polar surface area (TPSA) is 43.8 Å². The number of carbonyl (C=O) groups is 1. The highest BCUT2D eigenvalue weighted by Crippen LogP contribution is 2.50. The first-order valence-corrected chi connectivity index (χ1v) is 11.2. The number of aryl methyl sites for hydroxylation is 1. The fourth-order valence-corrected chi connectivity index (χ4v) is 5.74. The van der Waals surface area contributed by atoms with Gasteiger partial charge < -0.3 is 14.9 Å². The van der Waals surface area contributed by atoms with Gasteiger partial charge in [0.25, 0.3) is 0 Å². The molecule has 0 unspecified atom stereocenters. The van der Waals surface area contributed by atoms with Crippen LogP contribution in [0.15, 0.2) is 30.3 Å². The van der Waals surface area contributed by atoms with Crippen LogP contribution >= 0.6 is 0 Å². The maximum atomic E-state index is 13.9. The van der Waals surface area contributed by atoms with Gasteiger partial charge in [-0.25, -0.2) is 4.79 Å². The minimum atomic E-state index is -4.97. The lowest BCUT2D eigenvalue weighted by molar-refractivity contribution is -0.142. The third-order valence-electron chi connectivity index (χ3n) is 7.21. The van der Waals surface area contributed by atoms with Crippen LogP contribution in [0.1, 0.15) is 47.4 Å². The van der Waals surface area contributed by atoms with Crippen LogP contribution < -0.4 is 4.90 Å². The predicted octanol–water partition coefficient (Wildman–Crippen LogP) is 6.38. The van der Waals surface area contributed by atoms with Gasteiger partial charge in [0.1, 0.15) is 0 Å². The average Bonchev–Trinajstić information content (AvgIpc) is 2.92. The summed E-state index contributed by atoms with van der Waals surface area (Å²) < 4.78 is 81.0. The van der Waals surface area contributed by atoms with E-state index in [1.54, 1.807) is 12.1 Å². The summed E-state index contributed by atoms with van der Waals surface area (Å²) >= 11 is 0. The number of hydrogen-bond acceptors (Lipinski definition) is 2. The number of benzene rings is 2. The fraction of sp³-hybridized carbons (Fsp3) is 0.458. The van der Waals surface area contributed by atoms with Crippen LogP contribution in [0, 0.1) is 0 Å². The summed E-state index contributed by atoms with van der Waals surface area (Å²) in [4.78, 5) is 15.2. The molecule has 0 saturated carbocycles. The second-order valence-electron chi connectivity index (χ2n) is 9.17. The number of likely N-dealkylation sites (tertiary alicyclic amines) is 1. The van der Waals surface area contributed by atoms with E-state index in [4.69, 9.17) is 0 Å². The zero-order valence-electron chi connectivity index (χ0n) is 18.0. The smallest absolute Gasteiger partial charge is 0.417 e. The van der Waals surface area contributed by atoms with Crippen molar-refractivity contribution in [1.29, 1.82) is 0 Å². The summed E-state index contributed by atoms with van der Waals surface area (Å²) in [5.74, 6) is -0.194. The van der Waals surface area contributed by atoms with Crippen molar-refractivity contribution in [3.63, 3.8) is 0 Å². The van der Waals surface area contributed by atoms with Crippen molar-refractivity contribution in [2.24, 2.45) is 0 Å². The van der Waals surface area contributed by atoms with E-state index in [1.807, 2.05) is 0 Å². The van der Waals surface area contributed by atoms with E-state index in [-0.39, 0.29) is 35.7 Å². The van der Waals surface area contributed by atoms with Crippen LogP contribution in [0.3, 0.4) is 0 Å². The Bertz CT molecular complexity index is 1140. The van der Waals surface area contributed by atoms with Crippen LogP contribution in [0.5, 0.6) is 0 Å². The molecule has 0 bridgehead atoms. The molecule has 1 amide bonds. The number of anilines is 1. The number of amides is 1. The molecule has 34 heavy (non-hydrogen) atoms. The first kappa shape index (κ1) is 22.9. The summed E-state index contributed by atoms with van der Waals surface area (Å²) in [7, 11) is 0. The Morgan fingerprint density at radius 3 is 2.41 bits per heavy atom. The van der Waals surface area contributed by atoms with Crippen LogP contribution in [0.4, 0.5) is 36.8 Å². The Labute approximate surface area is 191 Å². The van der Waals surface area contributed by atoms with E-state index in [0.717, 1.165) is 42.3 Å². The van der Waals surface area contributed by atoms with E-state index in [2.05, 4.69) is 4.90 Å². The molecule has 0 aliphatic carbocycles. The number of fused-ring (bicyclic) bond motifs is 3. The van der Waals surface area contributed by atoms with Crippen molar-refractivity contribution in [3.05, 3.63) is 52.6 Å². The molecule has 4 nitrogen and oxygen atoms in total. The van der Waals surface area contributed by atoms with Crippen molar-refractivity contribution in [2.45, 2.75) is 50.0 Å². The lowest BCUT2D eigenvalue weighted by Crippen LogP contribution is -2.48. The van der Waals surface area contributed by atoms with E-state index in [1.165, 1.54) is 4.90 Å². The molecular weight excluding hydrogens is 462 g/mol. The summed E-state index contributed by atoms with van der Waals surface area (Å²) in [6.07, 6.45) is -7.87. The minimum absolute atomic E-state index is 0.0624. The van der Waals surface area contributed by atoms with Gasteiger partial charge >= 0.3 is 18.4 Å². The summed E-state index contributed by atoms with van der Waals surface area (Å²) in [5, 5.41) is 9.49. The summed E-state index contributed by atoms with van der Waals surface area (Å²) in [5.41, 5.74) is -0.144. The molecule has 1 N–H and O–H groups in total. The number of nitrogens with zero attached hydrogens (tertiary/aromatic N) is 2. The third kappa shape index (κ3) is 3.76. The van der Waals surface area contributed by atoms with Crippen LogP contribution in [-0.4, -0.2) is 41.8 Å². The van der Waals surface area contributed by atoms with Crippen molar-refractivity contribution in [2.75, 3.05) is 24.5 Å². The summed E-state index contributed by atoms with van der Waals surface area (Å²) in [6, 6.07) is 5.10. The Hall–Kier alpha value is -2.91. The first-order chi connectivity index (χ1) is 15.9. The van der Waals surface area contributed by atoms with Gasteiger partial charge in [-0.15, -0.1) is 0 Å². The first-order valence-electron chi connectivity index (χ1n) is 11.2. The molecule has 0 aromatic heterocycles. The second kappa shape index (κ2) is 7.81. The number of alkyl halides is 6. The van der Waals surface area contributed by atoms with E-state index >= 15 is 0 Å². The molecule has 1 fully saturated rings. The van der Waals surface area contributed by atoms with Crippen molar-refractivity contribution in [3.8, 4) is 11.1 Å². The Balaban J connectivity index is 1.67. The average molecular weight is 484 g/mol. The molecule has 2 aromatic rings. The normalized spacial score (nSPS) is 22.3. The number of rotatable bonds is 1. The Morgan fingerprint density at radius 2 is 1.74 bits per heavy atom. The SMILES string of the molecule is O=C(O)N1CC[C@H]2[C@@H](C1)c1cc(-c3ccc(C(F)(F)F)cc3C(F)(F)F)cc3c1N2CCCC3. The van der Waals surface area contributed by atoms with Crippen molar-refractivity contribution in [1.82, 2.24) is 4.90 Å². The molecule has 3 aliphatic heterocycles. The number of hydrogen-bond donors (Lipinski definition) is 1. The lowest BCUT2D eigenvalue weighted by Gasteiger charge is -2.37. The number of halogens is 6. The van der Waals surface area contributed by atoms with Crippen LogP contribution in [-0.2, 0) is 18.8 Å². The monoisotopic (exact) mass is 484 g/mol. The maximum absolute atomic E-state index is 13.9. The van der Waals surface area contributed by atoms with Crippen molar-refractivity contribution >= 4 is 11.8 Å². The lowest BCUT2D eigenvalue weighted by atomic mass is 9.85. The minimum Gasteiger partial charge on any atom is -0.465 e. The molecule has 5 rings (SSSR count). The Morgan fingerprint density at radius 1 is 0.971 bits per heavy atom. The van der Waals surface area contributed by atoms with Crippen molar-refractivity contribution < 1.29 is 36.2 Å². The molecule has 3 aliphatic rings. The molecule has 1 saturated heterocycles. The molecule has 182 valence electrons. The number of piperidine rings is 1. The quantitative estimate of drug-likeness (QED) is 0.478. The maximum Gasteiger partial charge on any atom is 0.417 e. The highest BCUT2D eigenvalue weighted by atomic mass is 19.4. The van der Waals surface area contributed by atoms with Gasteiger partial charge in [0, 0.05) is 37.3 Å². The van der Waals surface area contributed by atoms with E-state index < -0.39 is 29.6 Å². The highest BCUT2D eigenvalue weighted by Gasteiger charge is 2.45. The third-order valence-corrected chi connectivity index (χ3v) is 7.21. The van der Waals surface area contributed by atoms with Crippen LogP contribution in [0.2, 0.25) is 0 Å². The van der Waals surface area contributed by atoms with E-state index in [0.29, 0.717) is 25.5 Å². The second-order valence-corrected chi connectivity index (χ2v) is 9.17. The highest BCUT2D eigenvalue weighted by molar-refractivity contribution is 5.78. The largest absolute Gasteiger partial charge is 0.465 e. The van der Waals surface area contributed by atoms with Crippen LogP contribution in [0.25, 0.3) is 11.1 Å². The van der Waals surface area contributed by atoms with E-state index in [9.17, 15) is 36.2 Å². The molecule has 0 spiro atoms. The molecule has 2 atom stereocenters. The van der Waals surface area contributed by atoms with Gasteiger partial charge in [-0.05, 0) is 72.2 Å². The van der Waals surface area contributed by atoms with Gasteiger partial charge in [0.15, 0.2) is 0 Å². The molecular formula is C24H22F6N2O2. The molecule has 10 heteroatoms. The standard InChI is InChI=1S/C24H22F6N2O2/c25-23(26,27)15-4-5-16(19(11-15)24(28,29)30)14-9-13-3-1-2-7-32-20-6-8-31(22(33)34)12-18(20)17(10-14)21(13)32/h4-5,9-11,18,20H,1-3,6-8,12H2,(H,33,34)/t18-,20-/m0/s1. The zero-order chi connectivity index (χ0) is 24.4.